The SMILES string of the molecule is C=Cc1ccc(NC2CCN(C(=C=O)C(O)(CC)CCC)CC2)cc1. The zero-order valence-electron chi connectivity index (χ0n) is 15.4. The van der Waals surface area contributed by atoms with Crippen molar-refractivity contribution in [2.24, 2.45) is 0 Å². The molecule has 0 bridgehead atoms. The lowest BCUT2D eigenvalue weighted by Gasteiger charge is -2.40. The minimum absolute atomic E-state index is 0.375. The Kier molecular flexibility index (Phi) is 6.86. The highest BCUT2D eigenvalue weighted by Crippen LogP contribution is 2.30. The van der Waals surface area contributed by atoms with Crippen LogP contribution in [0.3, 0.4) is 0 Å². The summed E-state index contributed by atoms with van der Waals surface area (Å²) >= 11 is 0. The van der Waals surface area contributed by atoms with Crippen molar-refractivity contribution < 1.29 is 9.90 Å². The lowest BCUT2D eigenvalue weighted by atomic mass is 9.89. The molecule has 1 atom stereocenters. The van der Waals surface area contributed by atoms with Crippen LogP contribution in [0.25, 0.3) is 6.08 Å². The molecule has 1 unspecified atom stereocenters. The minimum Gasteiger partial charge on any atom is -0.383 e. The average Bonchev–Trinajstić information content (AvgIpc) is 2.64. The number of anilines is 1. The van der Waals surface area contributed by atoms with Gasteiger partial charge in [-0.05, 0) is 43.4 Å². The second-order valence-electron chi connectivity index (χ2n) is 6.82. The van der Waals surface area contributed by atoms with Crippen LogP contribution in [0, 0.1) is 0 Å². The number of benzene rings is 1. The molecule has 2 rings (SSSR count). The monoisotopic (exact) mass is 342 g/mol. The van der Waals surface area contributed by atoms with E-state index in [0.717, 1.165) is 43.6 Å². The van der Waals surface area contributed by atoms with E-state index in [9.17, 15) is 9.90 Å². The maximum atomic E-state index is 11.5. The van der Waals surface area contributed by atoms with Crippen LogP contribution in [0.15, 0.2) is 36.5 Å². The van der Waals surface area contributed by atoms with Crippen molar-refractivity contribution in [3.63, 3.8) is 0 Å². The molecular formula is C21H30N2O2. The van der Waals surface area contributed by atoms with Crippen molar-refractivity contribution in [3.8, 4) is 0 Å². The van der Waals surface area contributed by atoms with Gasteiger partial charge >= 0.3 is 0 Å². The number of carbonyl (C=O) groups excluding carboxylic acids is 1. The smallest absolute Gasteiger partial charge is 0.148 e. The molecule has 0 amide bonds. The predicted octanol–water partition coefficient (Wildman–Crippen LogP) is 3.86. The zero-order valence-corrected chi connectivity index (χ0v) is 15.4. The van der Waals surface area contributed by atoms with Crippen molar-refractivity contribution >= 4 is 17.7 Å². The summed E-state index contributed by atoms with van der Waals surface area (Å²) in [6.45, 7) is 9.24. The van der Waals surface area contributed by atoms with Gasteiger partial charge in [-0.15, -0.1) is 0 Å². The van der Waals surface area contributed by atoms with Gasteiger partial charge in [0.05, 0.1) is 0 Å². The molecule has 1 aromatic carbocycles. The van der Waals surface area contributed by atoms with Gasteiger partial charge in [0, 0.05) is 24.8 Å². The van der Waals surface area contributed by atoms with Gasteiger partial charge in [-0.1, -0.05) is 45.1 Å². The molecule has 136 valence electrons. The number of hydrogen-bond donors (Lipinski definition) is 2. The summed E-state index contributed by atoms with van der Waals surface area (Å²) < 4.78 is 0. The summed E-state index contributed by atoms with van der Waals surface area (Å²) in [5.74, 6) is 2.04. The first kappa shape index (κ1) is 19.3. The van der Waals surface area contributed by atoms with Crippen LogP contribution in [-0.4, -0.2) is 40.7 Å². The summed E-state index contributed by atoms with van der Waals surface area (Å²) in [7, 11) is 0. The molecule has 1 fully saturated rings. The minimum atomic E-state index is -1.04. The zero-order chi connectivity index (χ0) is 18.3. The Morgan fingerprint density at radius 3 is 2.48 bits per heavy atom. The first-order chi connectivity index (χ1) is 12.1. The highest BCUT2D eigenvalue weighted by molar-refractivity contribution is 5.56. The van der Waals surface area contributed by atoms with E-state index in [4.69, 9.17) is 0 Å². The van der Waals surface area contributed by atoms with E-state index in [2.05, 4.69) is 24.0 Å². The first-order valence-electron chi connectivity index (χ1n) is 9.28. The number of aliphatic hydroxyl groups is 1. The summed E-state index contributed by atoms with van der Waals surface area (Å²) in [6.07, 6.45) is 5.68. The molecule has 1 aromatic rings. The summed E-state index contributed by atoms with van der Waals surface area (Å²) in [5, 5.41) is 14.4. The highest BCUT2D eigenvalue weighted by Gasteiger charge is 2.35. The lowest BCUT2D eigenvalue weighted by Crippen LogP contribution is -2.46. The quantitative estimate of drug-likeness (QED) is 0.704. The van der Waals surface area contributed by atoms with Gasteiger partial charge in [0.1, 0.15) is 17.2 Å². The normalized spacial score (nSPS) is 17.5. The van der Waals surface area contributed by atoms with E-state index in [-0.39, 0.29) is 0 Å². The molecule has 0 aromatic heterocycles. The second kappa shape index (κ2) is 8.89. The number of rotatable bonds is 8. The van der Waals surface area contributed by atoms with E-state index in [1.165, 1.54) is 0 Å². The van der Waals surface area contributed by atoms with Crippen LogP contribution < -0.4 is 5.32 Å². The standard InChI is InChI=1S/C21H30N2O2/c1-4-13-21(25,6-3)20(16-24)23-14-11-19(12-15-23)22-18-9-7-17(5-2)8-10-18/h5,7-10,19,22,25H,2,4,6,11-15H2,1,3H3. The van der Waals surface area contributed by atoms with Crippen molar-refractivity contribution in [1.29, 1.82) is 0 Å². The van der Waals surface area contributed by atoms with Gasteiger partial charge in [0.2, 0.25) is 0 Å². The molecule has 1 saturated heterocycles. The Hall–Kier alpha value is -2.03. The van der Waals surface area contributed by atoms with Gasteiger partial charge < -0.3 is 15.3 Å². The molecule has 0 radical (unpaired) electrons. The third kappa shape index (κ3) is 4.75. The number of piperidine rings is 1. The topological polar surface area (TPSA) is 52.6 Å². The number of nitrogens with zero attached hydrogens (tertiary/aromatic N) is 1. The van der Waals surface area contributed by atoms with Crippen molar-refractivity contribution in [2.45, 2.75) is 57.6 Å². The molecule has 0 spiro atoms. The van der Waals surface area contributed by atoms with Crippen LogP contribution in [0.2, 0.25) is 0 Å². The Balaban J connectivity index is 1.95. The van der Waals surface area contributed by atoms with Crippen LogP contribution in [0.1, 0.15) is 51.5 Å². The molecular weight excluding hydrogens is 312 g/mol. The Morgan fingerprint density at radius 2 is 2.00 bits per heavy atom. The fraction of sp³-hybridized carbons (Fsp3) is 0.524. The Bertz CT molecular complexity index is 611. The predicted molar refractivity (Wildman–Crippen MR) is 104 cm³/mol. The molecule has 0 aliphatic carbocycles. The second-order valence-corrected chi connectivity index (χ2v) is 6.82. The van der Waals surface area contributed by atoms with Crippen LogP contribution in [0.4, 0.5) is 5.69 Å². The molecule has 1 heterocycles. The van der Waals surface area contributed by atoms with Crippen molar-refractivity contribution in [2.75, 3.05) is 18.4 Å². The van der Waals surface area contributed by atoms with E-state index in [0.29, 0.717) is 24.6 Å². The highest BCUT2D eigenvalue weighted by atomic mass is 16.3. The Labute approximate surface area is 151 Å². The fourth-order valence-corrected chi connectivity index (χ4v) is 3.53. The molecule has 2 N–H and O–H groups in total. The Morgan fingerprint density at radius 1 is 1.36 bits per heavy atom. The molecule has 0 saturated carbocycles. The maximum Gasteiger partial charge on any atom is 0.148 e. The molecule has 4 nitrogen and oxygen atoms in total. The van der Waals surface area contributed by atoms with Crippen LogP contribution in [-0.2, 0) is 4.79 Å². The van der Waals surface area contributed by atoms with Crippen LogP contribution in [0.5, 0.6) is 0 Å². The summed E-state index contributed by atoms with van der Waals surface area (Å²) in [4.78, 5) is 13.5. The van der Waals surface area contributed by atoms with Gasteiger partial charge in [-0.25, -0.2) is 4.79 Å². The van der Waals surface area contributed by atoms with Gasteiger partial charge in [0.25, 0.3) is 0 Å². The largest absolute Gasteiger partial charge is 0.383 e. The fourth-order valence-electron chi connectivity index (χ4n) is 3.53. The van der Waals surface area contributed by atoms with Gasteiger partial charge in [-0.3, -0.25) is 0 Å². The summed E-state index contributed by atoms with van der Waals surface area (Å²) in [5.41, 5.74) is 1.60. The first-order valence-corrected chi connectivity index (χ1v) is 9.28. The van der Waals surface area contributed by atoms with Crippen molar-refractivity contribution in [1.82, 2.24) is 4.90 Å². The van der Waals surface area contributed by atoms with Crippen LogP contribution >= 0.6 is 0 Å². The molecule has 4 heteroatoms. The number of nitrogens with one attached hydrogen (secondary N) is 1. The lowest BCUT2D eigenvalue weighted by molar-refractivity contribution is 0.0313. The molecule has 1 aliphatic heterocycles. The third-order valence-corrected chi connectivity index (χ3v) is 5.11. The number of hydrogen-bond acceptors (Lipinski definition) is 4. The summed E-state index contributed by atoms with van der Waals surface area (Å²) in [6, 6.07) is 8.60. The van der Waals surface area contributed by atoms with Gasteiger partial charge in [0.15, 0.2) is 0 Å². The van der Waals surface area contributed by atoms with E-state index in [1.54, 1.807) is 0 Å². The maximum absolute atomic E-state index is 11.5. The average molecular weight is 342 g/mol. The third-order valence-electron chi connectivity index (χ3n) is 5.11. The van der Waals surface area contributed by atoms with E-state index in [1.807, 2.05) is 42.9 Å². The van der Waals surface area contributed by atoms with Crippen molar-refractivity contribution in [3.05, 3.63) is 42.1 Å². The van der Waals surface area contributed by atoms with E-state index < -0.39 is 5.60 Å². The number of likely N-dealkylation sites (tertiary alicyclic amines) is 1. The van der Waals surface area contributed by atoms with E-state index >= 15 is 0 Å². The molecule has 1 aliphatic rings. The molecule has 25 heavy (non-hydrogen) atoms. The van der Waals surface area contributed by atoms with Gasteiger partial charge in [-0.2, -0.15) is 0 Å².